The molecule has 4 nitrogen and oxygen atoms in total. The highest BCUT2D eigenvalue weighted by atomic mass is 79.9. The summed E-state index contributed by atoms with van der Waals surface area (Å²) in [6, 6.07) is 4.80. The van der Waals surface area contributed by atoms with Gasteiger partial charge in [-0.3, -0.25) is 4.79 Å². The fraction of sp³-hybridized carbons (Fsp3) is 0.462. The Hall–Kier alpha value is -1.14. The lowest BCUT2D eigenvalue weighted by Gasteiger charge is -2.12. The number of hydrogen-bond donors (Lipinski definition) is 2. The third-order valence-corrected chi connectivity index (χ3v) is 3.45. The van der Waals surface area contributed by atoms with Crippen molar-refractivity contribution in [3.05, 3.63) is 28.5 Å². The summed E-state index contributed by atoms with van der Waals surface area (Å²) in [6.45, 7) is 1.41. The molecular weight excluding hydrogens is 315 g/mol. The third-order valence-electron chi connectivity index (χ3n) is 2.96. The van der Waals surface area contributed by atoms with Gasteiger partial charge in [0.2, 0.25) is 0 Å². The number of rotatable bonds is 5. The Morgan fingerprint density at radius 3 is 3.11 bits per heavy atom. The Labute approximate surface area is 119 Å². The summed E-state index contributed by atoms with van der Waals surface area (Å²) in [5.74, 6) is -0.645. The Morgan fingerprint density at radius 1 is 1.58 bits per heavy atom. The molecule has 1 fully saturated rings. The number of amides is 1. The molecule has 1 aliphatic heterocycles. The molecule has 1 amide bonds. The molecule has 0 spiro atoms. The molecule has 0 radical (unpaired) electrons. The standard InChI is InChI=1S/C13H16BrFN2O2/c14-9-3-4-12(11(15)6-9)19-8-13(18)17-7-10-2-1-5-16-10/h3-4,6,10,16H,1-2,5,7-8H2,(H,17,18). The first-order chi connectivity index (χ1) is 9.15. The van der Waals surface area contributed by atoms with Gasteiger partial charge in [-0.2, -0.15) is 0 Å². The number of hydrogen-bond acceptors (Lipinski definition) is 3. The van der Waals surface area contributed by atoms with Gasteiger partial charge >= 0.3 is 0 Å². The van der Waals surface area contributed by atoms with Gasteiger partial charge in [0.1, 0.15) is 0 Å². The average Bonchev–Trinajstić information content (AvgIpc) is 2.88. The Kier molecular flexibility index (Phi) is 5.15. The highest BCUT2D eigenvalue weighted by molar-refractivity contribution is 9.10. The lowest BCUT2D eigenvalue weighted by atomic mass is 10.2. The average molecular weight is 331 g/mol. The van der Waals surface area contributed by atoms with E-state index in [4.69, 9.17) is 4.74 Å². The van der Waals surface area contributed by atoms with Crippen LogP contribution in [0.4, 0.5) is 4.39 Å². The second-order valence-electron chi connectivity index (χ2n) is 4.46. The van der Waals surface area contributed by atoms with Crippen molar-refractivity contribution in [2.24, 2.45) is 0 Å². The normalized spacial score (nSPS) is 18.3. The molecule has 6 heteroatoms. The zero-order valence-electron chi connectivity index (χ0n) is 10.4. The van der Waals surface area contributed by atoms with Crippen molar-refractivity contribution < 1.29 is 13.9 Å². The van der Waals surface area contributed by atoms with Crippen LogP contribution in [0.25, 0.3) is 0 Å². The number of ether oxygens (including phenoxy) is 1. The van der Waals surface area contributed by atoms with Crippen LogP contribution in [0, 0.1) is 5.82 Å². The smallest absolute Gasteiger partial charge is 0.257 e. The predicted octanol–water partition coefficient (Wildman–Crippen LogP) is 1.84. The van der Waals surface area contributed by atoms with Crippen LogP contribution in [0.5, 0.6) is 5.75 Å². The molecule has 0 bridgehead atoms. The van der Waals surface area contributed by atoms with Gasteiger partial charge in [-0.05, 0) is 37.6 Å². The molecule has 2 N–H and O–H groups in total. The van der Waals surface area contributed by atoms with E-state index in [9.17, 15) is 9.18 Å². The first-order valence-corrected chi connectivity index (χ1v) is 7.02. The van der Waals surface area contributed by atoms with Crippen molar-refractivity contribution in [1.82, 2.24) is 10.6 Å². The predicted molar refractivity (Wildman–Crippen MR) is 73.6 cm³/mol. The van der Waals surface area contributed by atoms with Crippen LogP contribution in [0.2, 0.25) is 0 Å². The number of benzene rings is 1. The zero-order valence-corrected chi connectivity index (χ0v) is 12.0. The van der Waals surface area contributed by atoms with Crippen molar-refractivity contribution >= 4 is 21.8 Å². The minimum absolute atomic E-state index is 0.0809. The van der Waals surface area contributed by atoms with Crippen LogP contribution in [0.1, 0.15) is 12.8 Å². The van der Waals surface area contributed by atoms with E-state index in [1.807, 2.05) is 0 Å². The highest BCUT2D eigenvalue weighted by Crippen LogP contribution is 2.21. The van der Waals surface area contributed by atoms with Crippen molar-refractivity contribution in [3.8, 4) is 5.75 Å². The minimum Gasteiger partial charge on any atom is -0.481 e. The summed E-state index contributed by atoms with van der Waals surface area (Å²) in [6.07, 6.45) is 2.21. The monoisotopic (exact) mass is 330 g/mol. The summed E-state index contributed by atoms with van der Waals surface area (Å²) >= 11 is 3.16. The summed E-state index contributed by atoms with van der Waals surface area (Å²) in [5, 5.41) is 6.05. The van der Waals surface area contributed by atoms with Crippen LogP contribution in [0.15, 0.2) is 22.7 Å². The van der Waals surface area contributed by atoms with E-state index in [1.165, 1.54) is 12.1 Å². The number of carbonyl (C=O) groups is 1. The van der Waals surface area contributed by atoms with Crippen LogP contribution in [-0.4, -0.2) is 31.6 Å². The fourth-order valence-corrected chi connectivity index (χ4v) is 2.29. The molecule has 1 aromatic rings. The Balaban J connectivity index is 1.73. The van der Waals surface area contributed by atoms with Gasteiger partial charge < -0.3 is 15.4 Å². The molecule has 2 rings (SSSR count). The largest absolute Gasteiger partial charge is 0.481 e. The summed E-state index contributed by atoms with van der Waals surface area (Å²) in [4.78, 5) is 11.6. The van der Waals surface area contributed by atoms with Crippen LogP contribution in [0.3, 0.4) is 0 Å². The summed E-state index contributed by atoms with van der Waals surface area (Å²) < 4.78 is 19.2. The number of halogens is 2. The maximum absolute atomic E-state index is 13.4. The van der Waals surface area contributed by atoms with E-state index in [-0.39, 0.29) is 18.3 Å². The minimum atomic E-state index is -0.486. The topological polar surface area (TPSA) is 50.4 Å². The molecule has 1 aromatic carbocycles. The molecule has 19 heavy (non-hydrogen) atoms. The molecule has 1 saturated heterocycles. The first-order valence-electron chi connectivity index (χ1n) is 6.23. The molecular formula is C13H16BrFN2O2. The molecule has 1 aliphatic rings. The lowest BCUT2D eigenvalue weighted by molar-refractivity contribution is -0.123. The highest BCUT2D eigenvalue weighted by Gasteiger charge is 2.15. The van der Waals surface area contributed by atoms with E-state index >= 15 is 0 Å². The zero-order chi connectivity index (χ0) is 13.7. The molecule has 1 heterocycles. The fourth-order valence-electron chi connectivity index (χ4n) is 1.95. The lowest BCUT2D eigenvalue weighted by Crippen LogP contribution is -2.39. The molecule has 1 atom stereocenters. The van der Waals surface area contributed by atoms with Gasteiger partial charge in [-0.15, -0.1) is 0 Å². The SMILES string of the molecule is O=C(COc1ccc(Br)cc1F)NCC1CCCN1. The Morgan fingerprint density at radius 2 is 2.42 bits per heavy atom. The summed E-state index contributed by atoms with van der Waals surface area (Å²) in [7, 11) is 0. The Bertz CT molecular complexity index is 450. The van der Waals surface area contributed by atoms with E-state index in [0.717, 1.165) is 19.4 Å². The quantitative estimate of drug-likeness (QED) is 0.866. The van der Waals surface area contributed by atoms with Crippen LogP contribution >= 0.6 is 15.9 Å². The third kappa shape index (κ3) is 4.47. The molecule has 104 valence electrons. The van der Waals surface area contributed by atoms with Crippen molar-refractivity contribution in [3.63, 3.8) is 0 Å². The van der Waals surface area contributed by atoms with Crippen LogP contribution < -0.4 is 15.4 Å². The molecule has 0 aromatic heterocycles. The van der Waals surface area contributed by atoms with Gasteiger partial charge in [0, 0.05) is 17.1 Å². The van der Waals surface area contributed by atoms with Gasteiger partial charge in [0.05, 0.1) is 0 Å². The van der Waals surface area contributed by atoms with E-state index < -0.39 is 5.82 Å². The maximum atomic E-state index is 13.4. The number of nitrogens with one attached hydrogen (secondary N) is 2. The number of carbonyl (C=O) groups excluding carboxylic acids is 1. The van der Waals surface area contributed by atoms with Gasteiger partial charge in [-0.25, -0.2) is 4.39 Å². The summed E-state index contributed by atoms with van der Waals surface area (Å²) in [5.41, 5.74) is 0. The second-order valence-corrected chi connectivity index (χ2v) is 5.38. The van der Waals surface area contributed by atoms with Gasteiger partial charge in [0.15, 0.2) is 18.2 Å². The van der Waals surface area contributed by atoms with Crippen molar-refractivity contribution in [1.29, 1.82) is 0 Å². The van der Waals surface area contributed by atoms with Crippen molar-refractivity contribution in [2.75, 3.05) is 19.7 Å². The maximum Gasteiger partial charge on any atom is 0.257 e. The van der Waals surface area contributed by atoms with Crippen LogP contribution in [-0.2, 0) is 4.79 Å². The van der Waals surface area contributed by atoms with Gasteiger partial charge in [-0.1, -0.05) is 15.9 Å². The van der Waals surface area contributed by atoms with E-state index in [1.54, 1.807) is 6.07 Å². The van der Waals surface area contributed by atoms with Crippen molar-refractivity contribution in [2.45, 2.75) is 18.9 Å². The first kappa shape index (κ1) is 14.3. The van der Waals surface area contributed by atoms with Gasteiger partial charge in [0.25, 0.3) is 5.91 Å². The van der Waals surface area contributed by atoms with E-state index in [2.05, 4.69) is 26.6 Å². The second kappa shape index (κ2) is 6.86. The molecule has 0 aliphatic carbocycles. The molecule has 0 saturated carbocycles. The van der Waals surface area contributed by atoms with E-state index in [0.29, 0.717) is 17.1 Å². The molecule has 1 unspecified atom stereocenters.